The highest BCUT2D eigenvalue weighted by atomic mass is 16.6. The lowest BCUT2D eigenvalue weighted by atomic mass is 9.87. The number of fused-ring (bicyclic) bond motifs is 1. The topological polar surface area (TPSA) is 108 Å². The highest BCUT2D eigenvalue weighted by molar-refractivity contribution is 6.00. The fourth-order valence-electron chi connectivity index (χ4n) is 4.30. The molecular formula is C28H34O8. The van der Waals surface area contributed by atoms with Crippen LogP contribution < -0.4 is 14.2 Å². The van der Waals surface area contributed by atoms with Crippen molar-refractivity contribution in [2.24, 2.45) is 0 Å². The van der Waals surface area contributed by atoms with E-state index in [-0.39, 0.29) is 30.3 Å². The Hall–Kier alpha value is -3.55. The summed E-state index contributed by atoms with van der Waals surface area (Å²) < 4.78 is 22.2. The first-order valence-electron chi connectivity index (χ1n) is 12.2. The van der Waals surface area contributed by atoms with Crippen molar-refractivity contribution in [3.63, 3.8) is 0 Å². The molecule has 2 aromatic rings. The van der Waals surface area contributed by atoms with Crippen LogP contribution in [0.5, 0.6) is 23.0 Å². The number of hydrogen-bond acceptors (Lipinski definition) is 8. The molecule has 0 saturated carbocycles. The molecule has 1 aliphatic heterocycles. The van der Waals surface area contributed by atoms with Crippen LogP contribution in [-0.4, -0.2) is 48.6 Å². The normalized spacial score (nSPS) is 16.6. The number of hydrogen-bond donors (Lipinski definition) is 1. The number of ether oxygens (including phenoxy) is 4. The molecule has 194 valence electrons. The number of carbonyl (C=O) groups is 3. The highest BCUT2D eigenvalue weighted by Gasteiger charge is 2.36. The number of esters is 1. The third-order valence-corrected chi connectivity index (χ3v) is 6.21. The van der Waals surface area contributed by atoms with Gasteiger partial charge in [0, 0.05) is 11.6 Å². The minimum absolute atomic E-state index is 0.000221. The van der Waals surface area contributed by atoms with Gasteiger partial charge in [-0.3, -0.25) is 9.59 Å². The van der Waals surface area contributed by atoms with E-state index in [1.54, 1.807) is 30.3 Å². The number of unbranched alkanes of at least 4 members (excludes halogenated alkanes) is 1. The fourth-order valence-corrected chi connectivity index (χ4v) is 4.30. The molecule has 2 aromatic carbocycles. The summed E-state index contributed by atoms with van der Waals surface area (Å²) in [5.41, 5.74) is 0.787. The summed E-state index contributed by atoms with van der Waals surface area (Å²) in [7, 11) is 1.29. The molecule has 8 heteroatoms. The lowest BCUT2D eigenvalue weighted by molar-refractivity contribution is -0.142. The summed E-state index contributed by atoms with van der Waals surface area (Å²) in [6, 6.07) is 8.25. The molecule has 0 radical (unpaired) electrons. The minimum Gasteiger partial charge on any atom is -0.507 e. The molecule has 1 aliphatic rings. The van der Waals surface area contributed by atoms with Gasteiger partial charge in [-0.2, -0.15) is 0 Å². The van der Waals surface area contributed by atoms with Gasteiger partial charge >= 0.3 is 5.97 Å². The predicted molar refractivity (Wildman–Crippen MR) is 133 cm³/mol. The summed E-state index contributed by atoms with van der Waals surface area (Å²) >= 11 is 0. The third-order valence-electron chi connectivity index (χ3n) is 6.21. The van der Waals surface area contributed by atoms with E-state index in [1.165, 1.54) is 14.0 Å². The molecule has 0 saturated heterocycles. The van der Waals surface area contributed by atoms with Gasteiger partial charge in [-0.05, 0) is 63.8 Å². The van der Waals surface area contributed by atoms with Gasteiger partial charge in [0.25, 0.3) is 0 Å². The number of phenolic OH excluding ortho intramolecular Hbond substituents is 1. The number of aromatic hydroxyl groups is 1. The summed E-state index contributed by atoms with van der Waals surface area (Å²) in [5, 5.41) is 10.5. The SMILES string of the molecule is CCCc1c(OCCCCC2(C)CC(=O)c3ccc(OCC(=O)OC)cc3O2)ccc(C(C)=O)c1O. The average molecular weight is 499 g/mol. The van der Waals surface area contributed by atoms with E-state index >= 15 is 0 Å². The van der Waals surface area contributed by atoms with Gasteiger partial charge in [0.2, 0.25) is 0 Å². The van der Waals surface area contributed by atoms with Gasteiger partial charge in [-0.15, -0.1) is 0 Å². The zero-order chi connectivity index (χ0) is 26.3. The third kappa shape index (κ3) is 6.56. The van der Waals surface area contributed by atoms with Crippen molar-refractivity contribution in [2.75, 3.05) is 20.3 Å². The van der Waals surface area contributed by atoms with Gasteiger partial charge in [0.1, 0.15) is 28.6 Å². The molecule has 1 heterocycles. The standard InChI is InChI=1S/C28H34O8/c1-5-8-22-24(12-11-20(18(2)29)27(22)32)34-14-7-6-13-28(3)16-23(30)21-10-9-19(15-25(21)36-28)35-17-26(31)33-4/h9-12,15,32H,5-8,13-14,16-17H2,1-4H3. The molecule has 0 fully saturated rings. The molecule has 0 bridgehead atoms. The number of ketones is 2. The van der Waals surface area contributed by atoms with Crippen LogP contribution in [0.3, 0.4) is 0 Å². The van der Waals surface area contributed by atoms with Crippen LogP contribution >= 0.6 is 0 Å². The van der Waals surface area contributed by atoms with Crippen LogP contribution in [0.25, 0.3) is 0 Å². The van der Waals surface area contributed by atoms with E-state index in [9.17, 15) is 19.5 Å². The van der Waals surface area contributed by atoms with Crippen LogP contribution in [-0.2, 0) is 16.0 Å². The number of methoxy groups -OCH3 is 1. The molecule has 0 aliphatic carbocycles. The summed E-state index contributed by atoms with van der Waals surface area (Å²) in [5.74, 6) is 0.767. The van der Waals surface area contributed by atoms with E-state index in [0.717, 1.165) is 19.3 Å². The summed E-state index contributed by atoms with van der Waals surface area (Å²) in [4.78, 5) is 35.8. The van der Waals surface area contributed by atoms with E-state index in [1.807, 2.05) is 13.8 Å². The van der Waals surface area contributed by atoms with Crippen LogP contribution in [0.15, 0.2) is 30.3 Å². The summed E-state index contributed by atoms with van der Waals surface area (Å²) in [6.07, 6.45) is 3.82. The van der Waals surface area contributed by atoms with Gasteiger partial charge in [-0.25, -0.2) is 4.79 Å². The lowest BCUT2D eigenvalue weighted by Crippen LogP contribution is -2.39. The van der Waals surface area contributed by atoms with Crippen molar-refractivity contribution in [3.05, 3.63) is 47.0 Å². The van der Waals surface area contributed by atoms with Crippen molar-refractivity contribution in [1.29, 1.82) is 0 Å². The zero-order valence-electron chi connectivity index (χ0n) is 21.3. The van der Waals surface area contributed by atoms with Crippen molar-refractivity contribution in [3.8, 4) is 23.0 Å². The first-order chi connectivity index (χ1) is 17.2. The monoisotopic (exact) mass is 498 g/mol. The maximum absolute atomic E-state index is 12.7. The largest absolute Gasteiger partial charge is 0.507 e. The van der Waals surface area contributed by atoms with E-state index in [0.29, 0.717) is 53.4 Å². The number of Topliss-reactive ketones (excluding diaryl/α,β-unsaturated/α-hetero) is 2. The number of rotatable bonds is 12. The second-order valence-corrected chi connectivity index (χ2v) is 9.22. The molecule has 0 aromatic heterocycles. The molecule has 0 amide bonds. The molecule has 3 rings (SSSR count). The van der Waals surface area contributed by atoms with Crippen molar-refractivity contribution in [2.45, 2.75) is 64.9 Å². The van der Waals surface area contributed by atoms with Gasteiger partial charge in [-0.1, -0.05) is 13.3 Å². The molecule has 1 atom stereocenters. The number of phenols is 1. The first-order valence-corrected chi connectivity index (χ1v) is 12.2. The fraction of sp³-hybridized carbons (Fsp3) is 0.464. The second kappa shape index (κ2) is 11.9. The quantitative estimate of drug-likeness (QED) is 0.245. The molecule has 36 heavy (non-hydrogen) atoms. The van der Waals surface area contributed by atoms with Crippen molar-refractivity contribution < 1.29 is 38.4 Å². The highest BCUT2D eigenvalue weighted by Crippen LogP contribution is 2.38. The molecular weight excluding hydrogens is 464 g/mol. The van der Waals surface area contributed by atoms with Gasteiger partial charge in [0.15, 0.2) is 18.2 Å². The minimum atomic E-state index is -0.667. The zero-order valence-corrected chi connectivity index (χ0v) is 21.3. The Kier molecular flexibility index (Phi) is 8.96. The van der Waals surface area contributed by atoms with Crippen LogP contribution in [0.2, 0.25) is 0 Å². The van der Waals surface area contributed by atoms with Crippen molar-refractivity contribution >= 4 is 17.5 Å². The second-order valence-electron chi connectivity index (χ2n) is 9.22. The van der Waals surface area contributed by atoms with Crippen LogP contribution in [0.4, 0.5) is 0 Å². The van der Waals surface area contributed by atoms with Gasteiger partial charge in [0.05, 0.1) is 31.3 Å². The first kappa shape index (κ1) is 27.0. The van der Waals surface area contributed by atoms with Crippen LogP contribution in [0, 0.1) is 0 Å². The average Bonchev–Trinajstić information content (AvgIpc) is 2.83. The van der Waals surface area contributed by atoms with Crippen LogP contribution in [0.1, 0.15) is 79.2 Å². The van der Waals surface area contributed by atoms with Crippen molar-refractivity contribution in [1.82, 2.24) is 0 Å². The number of benzene rings is 2. The lowest BCUT2D eigenvalue weighted by Gasteiger charge is -2.35. The Morgan fingerprint density at radius 3 is 2.61 bits per heavy atom. The predicted octanol–water partition coefficient (Wildman–Crippen LogP) is 5.07. The summed E-state index contributed by atoms with van der Waals surface area (Å²) in [6.45, 7) is 5.55. The molecule has 8 nitrogen and oxygen atoms in total. The van der Waals surface area contributed by atoms with E-state index in [2.05, 4.69) is 4.74 Å². The van der Waals surface area contributed by atoms with E-state index < -0.39 is 11.6 Å². The Bertz CT molecular complexity index is 1120. The van der Waals surface area contributed by atoms with E-state index in [4.69, 9.17) is 14.2 Å². The Balaban J connectivity index is 1.57. The maximum Gasteiger partial charge on any atom is 0.343 e. The smallest absolute Gasteiger partial charge is 0.343 e. The molecule has 1 unspecified atom stereocenters. The Labute approximate surface area is 211 Å². The molecule has 1 N–H and O–H groups in total. The van der Waals surface area contributed by atoms with Gasteiger partial charge < -0.3 is 24.1 Å². The Morgan fingerprint density at radius 2 is 1.92 bits per heavy atom. The maximum atomic E-state index is 12.7. The number of carbonyl (C=O) groups excluding carboxylic acids is 3. The molecule has 0 spiro atoms. The Morgan fingerprint density at radius 1 is 1.14 bits per heavy atom.